The SMILES string of the molecule is CC.Cc1ccc(OCC(=O)NC2CCN(CCCOc3ccc(Cl)cc3)C(C(=O)O)C2)cc1. The molecule has 2 N–H and O–H groups in total. The predicted molar refractivity (Wildman–Crippen MR) is 134 cm³/mol. The van der Waals surface area contributed by atoms with E-state index in [0.717, 1.165) is 11.3 Å². The highest BCUT2D eigenvalue weighted by Gasteiger charge is 2.33. The van der Waals surface area contributed by atoms with E-state index < -0.39 is 12.0 Å². The fourth-order valence-electron chi connectivity index (χ4n) is 3.71. The van der Waals surface area contributed by atoms with Crippen LogP contribution in [0.2, 0.25) is 5.02 Å². The lowest BCUT2D eigenvalue weighted by atomic mass is 9.96. The smallest absolute Gasteiger partial charge is 0.320 e. The Hall–Kier alpha value is -2.77. The summed E-state index contributed by atoms with van der Waals surface area (Å²) in [6, 6.07) is 13.8. The molecule has 1 amide bonds. The maximum absolute atomic E-state index is 12.3. The number of carboxylic acid groups (broad SMARTS) is 1. The molecule has 1 aliphatic rings. The third kappa shape index (κ3) is 9.23. The Morgan fingerprint density at radius 1 is 1.06 bits per heavy atom. The maximum Gasteiger partial charge on any atom is 0.320 e. The van der Waals surface area contributed by atoms with Gasteiger partial charge in [0.1, 0.15) is 17.5 Å². The number of aliphatic carboxylic acids is 1. The Bertz CT molecular complexity index is 889. The average molecular weight is 491 g/mol. The largest absolute Gasteiger partial charge is 0.494 e. The van der Waals surface area contributed by atoms with Crippen LogP contribution in [0.5, 0.6) is 11.5 Å². The highest BCUT2D eigenvalue weighted by molar-refractivity contribution is 6.30. The number of aryl methyl sites for hydroxylation is 1. The van der Waals surface area contributed by atoms with E-state index in [4.69, 9.17) is 21.1 Å². The van der Waals surface area contributed by atoms with Crippen molar-refractivity contribution < 1.29 is 24.2 Å². The van der Waals surface area contributed by atoms with E-state index in [9.17, 15) is 14.7 Å². The number of halogens is 1. The number of ether oxygens (including phenoxy) is 2. The third-order valence-electron chi connectivity index (χ3n) is 5.43. The van der Waals surface area contributed by atoms with Crippen LogP contribution in [0, 0.1) is 6.92 Å². The lowest BCUT2D eigenvalue weighted by Crippen LogP contribution is -2.53. The van der Waals surface area contributed by atoms with Gasteiger partial charge < -0.3 is 19.9 Å². The first-order chi connectivity index (χ1) is 16.4. The van der Waals surface area contributed by atoms with E-state index in [1.54, 1.807) is 24.3 Å². The maximum atomic E-state index is 12.3. The molecule has 2 aromatic carbocycles. The van der Waals surface area contributed by atoms with Crippen LogP contribution in [0.4, 0.5) is 0 Å². The Kier molecular flexibility index (Phi) is 11.7. The molecule has 1 fully saturated rings. The van der Waals surface area contributed by atoms with Crippen molar-refractivity contribution in [1.82, 2.24) is 10.2 Å². The molecule has 0 aliphatic carbocycles. The number of amides is 1. The van der Waals surface area contributed by atoms with Gasteiger partial charge >= 0.3 is 5.97 Å². The van der Waals surface area contributed by atoms with Gasteiger partial charge in [0, 0.05) is 24.2 Å². The number of hydrogen-bond acceptors (Lipinski definition) is 5. The molecule has 2 unspecified atom stereocenters. The van der Waals surface area contributed by atoms with Gasteiger partial charge in [-0.1, -0.05) is 43.1 Å². The number of benzene rings is 2. The molecule has 0 bridgehead atoms. The van der Waals surface area contributed by atoms with Gasteiger partial charge in [0.2, 0.25) is 0 Å². The van der Waals surface area contributed by atoms with Crippen LogP contribution in [0.25, 0.3) is 0 Å². The van der Waals surface area contributed by atoms with E-state index in [0.29, 0.717) is 49.7 Å². The summed E-state index contributed by atoms with van der Waals surface area (Å²) >= 11 is 5.86. The van der Waals surface area contributed by atoms with E-state index in [1.807, 2.05) is 49.9 Å². The number of hydrogen-bond donors (Lipinski definition) is 2. The third-order valence-corrected chi connectivity index (χ3v) is 5.68. The van der Waals surface area contributed by atoms with Gasteiger partial charge in [0.25, 0.3) is 5.91 Å². The number of rotatable bonds is 10. The first kappa shape index (κ1) is 27.5. The molecule has 1 saturated heterocycles. The van der Waals surface area contributed by atoms with Crippen LogP contribution in [0.15, 0.2) is 48.5 Å². The number of carbonyl (C=O) groups is 2. The van der Waals surface area contributed by atoms with Gasteiger partial charge in [0.15, 0.2) is 6.61 Å². The molecule has 7 nitrogen and oxygen atoms in total. The Labute approximate surface area is 207 Å². The Morgan fingerprint density at radius 3 is 2.32 bits per heavy atom. The summed E-state index contributed by atoms with van der Waals surface area (Å²) in [6.07, 6.45) is 1.76. The molecule has 2 atom stereocenters. The summed E-state index contributed by atoms with van der Waals surface area (Å²) < 4.78 is 11.2. The molecule has 0 spiro atoms. The molecule has 0 aromatic heterocycles. The number of nitrogens with one attached hydrogen (secondary N) is 1. The number of carbonyl (C=O) groups excluding carboxylic acids is 1. The number of carboxylic acids is 1. The van der Waals surface area contributed by atoms with Crippen LogP contribution in [-0.4, -0.2) is 60.3 Å². The van der Waals surface area contributed by atoms with Gasteiger partial charge in [-0.15, -0.1) is 0 Å². The zero-order chi connectivity index (χ0) is 24.9. The van der Waals surface area contributed by atoms with Gasteiger partial charge in [0.05, 0.1) is 6.61 Å². The highest BCUT2D eigenvalue weighted by atomic mass is 35.5. The topological polar surface area (TPSA) is 88.1 Å². The summed E-state index contributed by atoms with van der Waals surface area (Å²) in [6.45, 7) is 7.59. The van der Waals surface area contributed by atoms with Gasteiger partial charge in [-0.2, -0.15) is 0 Å². The average Bonchev–Trinajstić information content (AvgIpc) is 2.84. The normalized spacial score (nSPS) is 17.8. The molecular formula is C26H35ClN2O5. The van der Waals surface area contributed by atoms with Crippen molar-refractivity contribution in [2.45, 2.75) is 52.1 Å². The molecule has 0 saturated carbocycles. The number of nitrogens with zero attached hydrogens (tertiary/aromatic N) is 1. The van der Waals surface area contributed by atoms with Crippen LogP contribution in [0.1, 0.15) is 38.7 Å². The molecule has 1 aliphatic heterocycles. The van der Waals surface area contributed by atoms with E-state index in [2.05, 4.69) is 5.32 Å². The minimum atomic E-state index is -0.876. The molecule has 34 heavy (non-hydrogen) atoms. The fraction of sp³-hybridized carbons (Fsp3) is 0.462. The molecule has 1 heterocycles. The second kappa shape index (κ2) is 14.5. The second-order valence-electron chi connectivity index (χ2n) is 7.94. The summed E-state index contributed by atoms with van der Waals surface area (Å²) in [7, 11) is 0. The minimum absolute atomic E-state index is 0.0942. The van der Waals surface area contributed by atoms with Crippen molar-refractivity contribution in [3.63, 3.8) is 0 Å². The summed E-state index contributed by atoms with van der Waals surface area (Å²) in [5, 5.41) is 13.2. The minimum Gasteiger partial charge on any atom is -0.494 e. The Morgan fingerprint density at radius 2 is 1.68 bits per heavy atom. The van der Waals surface area contributed by atoms with E-state index >= 15 is 0 Å². The fourth-order valence-corrected chi connectivity index (χ4v) is 3.84. The zero-order valence-electron chi connectivity index (χ0n) is 20.1. The van der Waals surface area contributed by atoms with Crippen molar-refractivity contribution in [2.75, 3.05) is 26.3 Å². The van der Waals surface area contributed by atoms with Gasteiger partial charge in [-0.3, -0.25) is 14.5 Å². The van der Waals surface area contributed by atoms with Crippen molar-refractivity contribution in [3.05, 3.63) is 59.1 Å². The lowest BCUT2D eigenvalue weighted by molar-refractivity contribution is -0.145. The quantitative estimate of drug-likeness (QED) is 0.475. The Balaban J connectivity index is 0.00000199. The van der Waals surface area contributed by atoms with Crippen LogP contribution in [-0.2, 0) is 9.59 Å². The highest BCUT2D eigenvalue weighted by Crippen LogP contribution is 2.20. The number of likely N-dealkylation sites (tertiary alicyclic amines) is 1. The van der Waals surface area contributed by atoms with Gasteiger partial charge in [-0.05, 0) is 62.6 Å². The molecule has 8 heteroatoms. The van der Waals surface area contributed by atoms with Crippen molar-refractivity contribution in [1.29, 1.82) is 0 Å². The summed E-state index contributed by atoms with van der Waals surface area (Å²) in [5.41, 5.74) is 1.12. The second-order valence-corrected chi connectivity index (χ2v) is 8.37. The zero-order valence-corrected chi connectivity index (χ0v) is 20.9. The first-order valence-electron chi connectivity index (χ1n) is 11.7. The molecule has 3 rings (SSSR count). The summed E-state index contributed by atoms with van der Waals surface area (Å²) in [5.74, 6) is 0.242. The molecule has 2 aromatic rings. The summed E-state index contributed by atoms with van der Waals surface area (Å²) in [4.78, 5) is 26.0. The van der Waals surface area contributed by atoms with Crippen LogP contribution >= 0.6 is 11.6 Å². The van der Waals surface area contributed by atoms with Crippen molar-refractivity contribution >= 4 is 23.5 Å². The first-order valence-corrected chi connectivity index (χ1v) is 12.1. The van der Waals surface area contributed by atoms with Crippen LogP contribution in [0.3, 0.4) is 0 Å². The molecule has 0 radical (unpaired) electrons. The molecule has 186 valence electrons. The van der Waals surface area contributed by atoms with E-state index in [1.165, 1.54) is 0 Å². The lowest BCUT2D eigenvalue weighted by Gasteiger charge is -2.37. The van der Waals surface area contributed by atoms with Crippen LogP contribution < -0.4 is 14.8 Å². The molecular weight excluding hydrogens is 456 g/mol. The predicted octanol–water partition coefficient (Wildman–Crippen LogP) is 4.56. The standard InChI is InChI=1S/C24H29ClN2O5.C2H6/c1-17-3-7-21(8-4-17)32-16-23(28)26-19-11-13-27(22(15-19)24(29)30)12-2-14-31-20-9-5-18(25)6-10-20;1-2/h3-10,19,22H,2,11-16H2,1H3,(H,26,28)(H,29,30);1-2H3. The van der Waals surface area contributed by atoms with Crippen molar-refractivity contribution in [2.24, 2.45) is 0 Å². The van der Waals surface area contributed by atoms with Crippen molar-refractivity contribution in [3.8, 4) is 11.5 Å². The number of piperidine rings is 1. The van der Waals surface area contributed by atoms with E-state index in [-0.39, 0.29) is 18.6 Å². The van der Waals surface area contributed by atoms with Gasteiger partial charge in [-0.25, -0.2) is 0 Å². The monoisotopic (exact) mass is 490 g/mol.